The third-order valence-electron chi connectivity index (χ3n) is 4.48. The van der Waals surface area contributed by atoms with Crippen LogP contribution in [-0.4, -0.2) is 55.7 Å². The number of rotatable bonds is 4. The fraction of sp³-hybridized carbons (Fsp3) is 0.588. The lowest BCUT2D eigenvalue weighted by Gasteiger charge is -2.34. The normalized spacial score (nSPS) is 25.4. The molecule has 132 valence electrons. The van der Waals surface area contributed by atoms with Crippen molar-refractivity contribution in [2.45, 2.75) is 31.5 Å². The van der Waals surface area contributed by atoms with Crippen molar-refractivity contribution < 1.29 is 13.9 Å². The Balaban J connectivity index is 1.53. The first-order valence-electron chi connectivity index (χ1n) is 8.41. The van der Waals surface area contributed by atoms with Crippen LogP contribution < -0.4 is 10.6 Å². The fourth-order valence-corrected chi connectivity index (χ4v) is 3.46. The average molecular weight is 356 g/mol. The zero-order chi connectivity index (χ0) is 16.9. The molecule has 2 atom stereocenters. The number of nitrogens with one attached hydrogen (secondary N) is 2. The highest BCUT2D eigenvalue weighted by molar-refractivity contribution is 6.31. The number of likely N-dealkylation sites (tertiary alicyclic amines) is 1. The second-order valence-electron chi connectivity index (χ2n) is 6.38. The number of amides is 1. The van der Waals surface area contributed by atoms with Gasteiger partial charge >= 0.3 is 0 Å². The van der Waals surface area contributed by atoms with E-state index in [2.05, 4.69) is 15.5 Å². The molecule has 1 aromatic carbocycles. The van der Waals surface area contributed by atoms with Gasteiger partial charge in [0.1, 0.15) is 11.9 Å². The van der Waals surface area contributed by atoms with Crippen molar-refractivity contribution in [1.29, 1.82) is 0 Å². The molecule has 0 bridgehead atoms. The van der Waals surface area contributed by atoms with E-state index in [9.17, 15) is 9.18 Å². The number of carbonyl (C=O) groups is 1. The smallest absolute Gasteiger partial charge is 0.250 e. The summed E-state index contributed by atoms with van der Waals surface area (Å²) in [5, 5.41) is 6.70. The van der Waals surface area contributed by atoms with Gasteiger partial charge in [0.25, 0.3) is 5.91 Å². The van der Waals surface area contributed by atoms with Gasteiger partial charge < -0.3 is 15.4 Å². The number of halogens is 2. The van der Waals surface area contributed by atoms with E-state index in [4.69, 9.17) is 16.3 Å². The van der Waals surface area contributed by atoms with Crippen molar-refractivity contribution >= 4 is 17.5 Å². The van der Waals surface area contributed by atoms with Gasteiger partial charge in [-0.25, -0.2) is 4.39 Å². The predicted molar refractivity (Wildman–Crippen MR) is 90.5 cm³/mol. The molecular weight excluding hydrogens is 333 g/mol. The van der Waals surface area contributed by atoms with E-state index in [0.29, 0.717) is 24.7 Å². The summed E-state index contributed by atoms with van der Waals surface area (Å²) in [5.74, 6) is -0.373. The zero-order valence-electron chi connectivity index (χ0n) is 13.6. The Labute approximate surface area is 146 Å². The molecule has 2 saturated heterocycles. The standard InChI is InChI=1S/C17H23ClFN3O2/c18-15-8-13(19)4-3-12(15)10-22-6-1-2-14(11-22)21-17(23)16-9-20-5-7-24-16/h3-4,8,14,16,20H,1-2,5-7,9-11H2,(H,21,23)/t14-,16-/m0/s1. The molecule has 2 fully saturated rings. The summed E-state index contributed by atoms with van der Waals surface area (Å²) in [6.45, 7) is 4.29. The molecule has 5 nitrogen and oxygen atoms in total. The minimum atomic E-state index is -0.402. The molecule has 1 amide bonds. The summed E-state index contributed by atoms with van der Waals surface area (Å²) in [4.78, 5) is 14.5. The fourth-order valence-electron chi connectivity index (χ4n) is 3.24. The van der Waals surface area contributed by atoms with Crippen LogP contribution in [-0.2, 0) is 16.1 Å². The topological polar surface area (TPSA) is 53.6 Å². The van der Waals surface area contributed by atoms with E-state index in [-0.39, 0.29) is 17.8 Å². The van der Waals surface area contributed by atoms with Gasteiger partial charge in [-0.2, -0.15) is 0 Å². The molecule has 24 heavy (non-hydrogen) atoms. The molecule has 0 spiro atoms. The van der Waals surface area contributed by atoms with Crippen molar-refractivity contribution in [2.75, 3.05) is 32.8 Å². The van der Waals surface area contributed by atoms with Crippen LogP contribution >= 0.6 is 11.6 Å². The molecule has 3 rings (SSSR count). The van der Waals surface area contributed by atoms with Gasteiger partial charge in [0.15, 0.2) is 0 Å². The predicted octanol–water partition coefficient (Wildman–Crippen LogP) is 1.55. The van der Waals surface area contributed by atoms with Crippen LogP contribution in [0.2, 0.25) is 5.02 Å². The number of hydrogen-bond acceptors (Lipinski definition) is 4. The van der Waals surface area contributed by atoms with Gasteiger partial charge in [-0.15, -0.1) is 0 Å². The van der Waals surface area contributed by atoms with Gasteiger partial charge in [0.05, 0.1) is 6.61 Å². The number of piperidine rings is 1. The monoisotopic (exact) mass is 355 g/mol. The van der Waals surface area contributed by atoms with E-state index in [1.54, 1.807) is 6.07 Å². The lowest BCUT2D eigenvalue weighted by molar-refractivity contribution is -0.135. The molecule has 2 aliphatic heterocycles. The lowest BCUT2D eigenvalue weighted by atomic mass is 10.0. The highest BCUT2D eigenvalue weighted by Crippen LogP contribution is 2.21. The van der Waals surface area contributed by atoms with Gasteiger partial charge in [-0.1, -0.05) is 17.7 Å². The van der Waals surface area contributed by atoms with Crippen LogP contribution in [0.1, 0.15) is 18.4 Å². The first-order valence-corrected chi connectivity index (χ1v) is 8.78. The number of ether oxygens (including phenoxy) is 1. The summed E-state index contributed by atoms with van der Waals surface area (Å²) >= 11 is 6.11. The highest BCUT2D eigenvalue weighted by Gasteiger charge is 2.27. The van der Waals surface area contributed by atoms with E-state index < -0.39 is 6.10 Å². The quantitative estimate of drug-likeness (QED) is 0.860. The molecular formula is C17H23ClFN3O2. The minimum absolute atomic E-state index is 0.0473. The van der Waals surface area contributed by atoms with Gasteiger partial charge in [0, 0.05) is 37.2 Å². The summed E-state index contributed by atoms with van der Waals surface area (Å²) in [6, 6.07) is 4.60. The number of morpholine rings is 1. The average Bonchev–Trinajstić information content (AvgIpc) is 2.58. The molecule has 0 radical (unpaired) electrons. The Hall–Kier alpha value is -1.21. The zero-order valence-corrected chi connectivity index (χ0v) is 14.3. The first-order chi connectivity index (χ1) is 11.6. The Bertz CT molecular complexity index is 581. The summed E-state index contributed by atoms with van der Waals surface area (Å²) in [7, 11) is 0. The number of nitrogens with zero attached hydrogens (tertiary/aromatic N) is 1. The van der Waals surface area contributed by atoms with Crippen molar-refractivity contribution in [3.05, 3.63) is 34.6 Å². The van der Waals surface area contributed by atoms with Gasteiger partial charge in [-0.3, -0.25) is 9.69 Å². The second kappa shape index (κ2) is 8.25. The summed E-state index contributed by atoms with van der Waals surface area (Å²) in [5.41, 5.74) is 0.907. The van der Waals surface area contributed by atoms with E-state index in [0.717, 1.165) is 38.0 Å². The van der Waals surface area contributed by atoms with Crippen LogP contribution in [0.5, 0.6) is 0 Å². The Kier molecular flexibility index (Phi) is 6.05. The maximum Gasteiger partial charge on any atom is 0.250 e. The highest BCUT2D eigenvalue weighted by atomic mass is 35.5. The summed E-state index contributed by atoms with van der Waals surface area (Å²) < 4.78 is 18.6. The SMILES string of the molecule is O=C(N[C@H]1CCCN(Cc2ccc(F)cc2Cl)C1)[C@@H]1CNCCO1. The van der Waals surface area contributed by atoms with Crippen LogP contribution in [0.25, 0.3) is 0 Å². The number of benzene rings is 1. The molecule has 0 unspecified atom stereocenters. The maximum atomic E-state index is 13.1. The third-order valence-corrected chi connectivity index (χ3v) is 4.83. The van der Waals surface area contributed by atoms with Crippen LogP contribution in [0.3, 0.4) is 0 Å². The molecule has 0 aromatic heterocycles. The minimum Gasteiger partial charge on any atom is -0.366 e. The molecule has 2 heterocycles. The van der Waals surface area contributed by atoms with Crippen molar-refractivity contribution in [3.8, 4) is 0 Å². The Morgan fingerprint density at radius 1 is 1.50 bits per heavy atom. The lowest BCUT2D eigenvalue weighted by Crippen LogP contribution is -2.53. The second-order valence-corrected chi connectivity index (χ2v) is 6.79. The summed E-state index contributed by atoms with van der Waals surface area (Å²) in [6.07, 6.45) is 1.56. The molecule has 0 aliphatic carbocycles. The maximum absolute atomic E-state index is 13.1. The van der Waals surface area contributed by atoms with Crippen LogP contribution in [0.4, 0.5) is 4.39 Å². The molecule has 2 N–H and O–H groups in total. The van der Waals surface area contributed by atoms with Crippen molar-refractivity contribution in [3.63, 3.8) is 0 Å². The van der Waals surface area contributed by atoms with Crippen LogP contribution in [0, 0.1) is 5.82 Å². The molecule has 0 saturated carbocycles. The molecule has 7 heteroatoms. The van der Waals surface area contributed by atoms with E-state index in [1.165, 1.54) is 12.1 Å². The van der Waals surface area contributed by atoms with Gasteiger partial charge in [-0.05, 0) is 37.1 Å². The molecule has 1 aromatic rings. The number of hydrogen-bond donors (Lipinski definition) is 2. The van der Waals surface area contributed by atoms with Crippen molar-refractivity contribution in [2.24, 2.45) is 0 Å². The first kappa shape index (κ1) is 17.6. The van der Waals surface area contributed by atoms with Crippen LogP contribution in [0.15, 0.2) is 18.2 Å². The third kappa shape index (κ3) is 4.66. The van der Waals surface area contributed by atoms with E-state index in [1.807, 2.05) is 0 Å². The Morgan fingerprint density at radius 2 is 2.38 bits per heavy atom. The Morgan fingerprint density at radius 3 is 3.12 bits per heavy atom. The van der Waals surface area contributed by atoms with E-state index >= 15 is 0 Å². The molecule has 2 aliphatic rings. The van der Waals surface area contributed by atoms with Gasteiger partial charge in [0.2, 0.25) is 0 Å². The van der Waals surface area contributed by atoms with Crippen molar-refractivity contribution in [1.82, 2.24) is 15.5 Å². The largest absolute Gasteiger partial charge is 0.366 e. The number of carbonyl (C=O) groups excluding carboxylic acids is 1.